The van der Waals surface area contributed by atoms with Gasteiger partial charge in [-0.15, -0.1) is 0 Å². The van der Waals surface area contributed by atoms with E-state index in [1.165, 1.54) is 6.07 Å². The van der Waals surface area contributed by atoms with E-state index in [0.29, 0.717) is 24.8 Å². The van der Waals surface area contributed by atoms with Gasteiger partial charge >= 0.3 is 6.61 Å². The van der Waals surface area contributed by atoms with E-state index in [1.807, 2.05) is 13.8 Å². The fourth-order valence-corrected chi connectivity index (χ4v) is 2.00. The number of halogens is 2. The zero-order valence-corrected chi connectivity index (χ0v) is 12.3. The molecule has 0 radical (unpaired) electrons. The first-order chi connectivity index (χ1) is 9.93. The largest absolute Gasteiger partial charge is 0.434 e. The van der Waals surface area contributed by atoms with Crippen LogP contribution in [-0.2, 0) is 4.79 Å². The van der Waals surface area contributed by atoms with Gasteiger partial charge < -0.3 is 15.8 Å². The Labute approximate surface area is 123 Å². The monoisotopic (exact) mass is 300 g/mol. The fraction of sp³-hybridized carbons (Fsp3) is 0.533. The molecule has 0 aliphatic rings. The van der Waals surface area contributed by atoms with E-state index in [4.69, 9.17) is 5.73 Å². The van der Waals surface area contributed by atoms with Crippen LogP contribution in [-0.4, -0.2) is 18.6 Å². The van der Waals surface area contributed by atoms with Gasteiger partial charge in [0.15, 0.2) is 0 Å². The molecule has 4 nitrogen and oxygen atoms in total. The Balaban J connectivity index is 2.77. The molecule has 0 spiro atoms. The van der Waals surface area contributed by atoms with E-state index in [0.717, 1.165) is 0 Å². The fourth-order valence-electron chi connectivity index (χ4n) is 2.00. The minimum absolute atomic E-state index is 0.0507. The number of nitrogens with one attached hydrogen (secondary N) is 1. The Kier molecular flexibility index (Phi) is 7.08. The van der Waals surface area contributed by atoms with Crippen molar-refractivity contribution in [1.82, 2.24) is 5.32 Å². The number of hydrogen-bond donors (Lipinski definition) is 2. The van der Waals surface area contributed by atoms with Gasteiger partial charge in [-0.25, -0.2) is 0 Å². The SMILES string of the molecule is CCC(NC(=O)CCC(C)N)c1ccccc1OC(F)F. The van der Waals surface area contributed by atoms with Crippen LogP contribution in [0.5, 0.6) is 5.75 Å². The van der Waals surface area contributed by atoms with E-state index in [2.05, 4.69) is 10.1 Å². The molecule has 0 saturated carbocycles. The first-order valence-corrected chi connectivity index (χ1v) is 7.02. The predicted octanol–water partition coefficient (Wildman–Crippen LogP) is 2.98. The van der Waals surface area contributed by atoms with Gasteiger partial charge in [0.2, 0.25) is 5.91 Å². The highest BCUT2D eigenvalue weighted by atomic mass is 19.3. The molecule has 0 aliphatic carbocycles. The van der Waals surface area contributed by atoms with Gasteiger partial charge in [0, 0.05) is 18.0 Å². The highest BCUT2D eigenvalue weighted by Gasteiger charge is 2.18. The number of ether oxygens (including phenoxy) is 1. The highest BCUT2D eigenvalue weighted by Crippen LogP contribution is 2.28. The molecule has 0 saturated heterocycles. The normalized spacial score (nSPS) is 13.8. The van der Waals surface area contributed by atoms with Crippen LogP contribution in [0.15, 0.2) is 24.3 Å². The van der Waals surface area contributed by atoms with Crippen molar-refractivity contribution < 1.29 is 18.3 Å². The van der Waals surface area contributed by atoms with Crippen molar-refractivity contribution in [3.05, 3.63) is 29.8 Å². The van der Waals surface area contributed by atoms with E-state index >= 15 is 0 Å². The third-order valence-electron chi connectivity index (χ3n) is 3.08. The number of carbonyl (C=O) groups is 1. The summed E-state index contributed by atoms with van der Waals surface area (Å²) in [5, 5.41) is 2.83. The Morgan fingerprint density at radius 1 is 1.38 bits per heavy atom. The molecule has 1 rings (SSSR count). The number of nitrogens with two attached hydrogens (primary N) is 1. The Morgan fingerprint density at radius 3 is 2.62 bits per heavy atom. The predicted molar refractivity (Wildman–Crippen MR) is 77.1 cm³/mol. The summed E-state index contributed by atoms with van der Waals surface area (Å²) in [6.45, 7) is 0.809. The number of amides is 1. The number of para-hydroxylation sites is 1. The van der Waals surface area contributed by atoms with Crippen molar-refractivity contribution in [2.45, 2.75) is 51.8 Å². The lowest BCUT2D eigenvalue weighted by Gasteiger charge is -2.20. The van der Waals surface area contributed by atoms with Crippen LogP contribution in [0.4, 0.5) is 8.78 Å². The van der Waals surface area contributed by atoms with Crippen molar-refractivity contribution >= 4 is 5.91 Å². The van der Waals surface area contributed by atoms with Crippen molar-refractivity contribution in [3.63, 3.8) is 0 Å². The molecule has 0 aliphatic heterocycles. The number of hydrogen-bond acceptors (Lipinski definition) is 3. The molecule has 0 fully saturated rings. The van der Waals surface area contributed by atoms with Gasteiger partial charge in [-0.1, -0.05) is 25.1 Å². The van der Waals surface area contributed by atoms with Crippen molar-refractivity contribution in [3.8, 4) is 5.75 Å². The van der Waals surface area contributed by atoms with Crippen LogP contribution in [0.1, 0.15) is 44.7 Å². The summed E-state index contributed by atoms with van der Waals surface area (Å²) in [5.74, 6) is -0.0576. The third kappa shape index (κ3) is 6.08. The minimum Gasteiger partial charge on any atom is -0.434 e. The van der Waals surface area contributed by atoms with Crippen LogP contribution >= 0.6 is 0 Å². The number of alkyl halides is 2. The maximum absolute atomic E-state index is 12.4. The minimum atomic E-state index is -2.89. The topological polar surface area (TPSA) is 64.4 Å². The average molecular weight is 300 g/mol. The van der Waals surface area contributed by atoms with Crippen LogP contribution in [0.25, 0.3) is 0 Å². The number of carbonyl (C=O) groups excluding carboxylic acids is 1. The molecule has 21 heavy (non-hydrogen) atoms. The summed E-state index contributed by atoms with van der Waals surface area (Å²) in [6.07, 6.45) is 1.47. The molecule has 0 bridgehead atoms. The van der Waals surface area contributed by atoms with Crippen molar-refractivity contribution in [2.24, 2.45) is 5.73 Å². The van der Waals surface area contributed by atoms with E-state index in [-0.39, 0.29) is 23.7 Å². The molecular weight excluding hydrogens is 278 g/mol. The zero-order chi connectivity index (χ0) is 15.8. The molecule has 2 unspecified atom stereocenters. The van der Waals surface area contributed by atoms with Gasteiger partial charge in [0.05, 0.1) is 6.04 Å². The second-order valence-corrected chi connectivity index (χ2v) is 4.96. The summed E-state index contributed by atoms with van der Waals surface area (Å²) in [4.78, 5) is 11.9. The molecule has 6 heteroatoms. The Morgan fingerprint density at radius 2 is 2.05 bits per heavy atom. The van der Waals surface area contributed by atoms with Gasteiger partial charge in [0.25, 0.3) is 0 Å². The molecule has 3 N–H and O–H groups in total. The summed E-state index contributed by atoms with van der Waals surface area (Å²) < 4.78 is 29.3. The zero-order valence-electron chi connectivity index (χ0n) is 12.3. The Bertz CT molecular complexity index is 453. The van der Waals surface area contributed by atoms with Crippen molar-refractivity contribution in [2.75, 3.05) is 0 Å². The van der Waals surface area contributed by atoms with Crippen molar-refractivity contribution in [1.29, 1.82) is 0 Å². The Hall–Kier alpha value is -1.69. The quantitative estimate of drug-likeness (QED) is 0.775. The molecule has 0 heterocycles. The van der Waals surface area contributed by atoms with Crippen LogP contribution in [0.3, 0.4) is 0 Å². The lowest BCUT2D eigenvalue weighted by Crippen LogP contribution is -2.30. The summed E-state index contributed by atoms with van der Waals surface area (Å²) >= 11 is 0. The second kappa shape index (κ2) is 8.56. The van der Waals surface area contributed by atoms with Crippen LogP contribution < -0.4 is 15.8 Å². The summed E-state index contributed by atoms with van der Waals surface area (Å²) in [7, 11) is 0. The summed E-state index contributed by atoms with van der Waals surface area (Å²) in [6, 6.07) is 6.08. The molecule has 118 valence electrons. The summed E-state index contributed by atoms with van der Waals surface area (Å²) in [5.41, 5.74) is 6.16. The molecule has 1 aromatic carbocycles. The molecule has 0 aromatic heterocycles. The maximum atomic E-state index is 12.4. The number of rotatable bonds is 8. The van der Waals surface area contributed by atoms with E-state index < -0.39 is 6.61 Å². The van der Waals surface area contributed by atoms with Gasteiger partial charge in [-0.3, -0.25) is 4.79 Å². The second-order valence-electron chi connectivity index (χ2n) is 4.96. The first-order valence-electron chi connectivity index (χ1n) is 7.02. The highest BCUT2D eigenvalue weighted by molar-refractivity contribution is 5.76. The van der Waals surface area contributed by atoms with Crippen LogP contribution in [0.2, 0.25) is 0 Å². The van der Waals surface area contributed by atoms with E-state index in [9.17, 15) is 13.6 Å². The smallest absolute Gasteiger partial charge is 0.387 e. The first kappa shape index (κ1) is 17.4. The van der Waals surface area contributed by atoms with Gasteiger partial charge in [-0.05, 0) is 25.8 Å². The maximum Gasteiger partial charge on any atom is 0.387 e. The van der Waals surface area contributed by atoms with Gasteiger partial charge in [0.1, 0.15) is 5.75 Å². The number of benzene rings is 1. The third-order valence-corrected chi connectivity index (χ3v) is 3.08. The van der Waals surface area contributed by atoms with Gasteiger partial charge in [-0.2, -0.15) is 8.78 Å². The lowest BCUT2D eigenvalue weighted by atomic mass is 10.0. The molecule has 1 amide bonds. The molecule has 1 aromatic rings. The van der Waals surface area contributed by atoms with Crippen LogP contribution in [0, 0.1) is 0 Å². The lowest BCUT2D eigenvalue weighted by molar-refractivity contribution is -0.122. The van der Waals surface area contributed by atoms with E-state index in [1.54, 1.807) is 18.2 Å². The molecule has 2 atom stereocenters. The molecular formula is C15H22F2N2O2. The average Bonchev–Trinajstić information content (AvgIpc) is 2.42. The standard InChI is InChI=1S/C15H22F2N2O2/c1-3-12(19-14(20)9-8-10(2)18)11-6-4-5-7-13(11)21-15(16)17/h4-7,10,12,15H,3,8-9,18H2,1-2H3,(H,19,20).